The van der Waals surface area contributed by atoms with Crippen LogP contribution in [-0.2, 0) is 16.1 Å². The van der Waals surface area contributed by atoms with Gasteiger partial charge in [-0.2, -0.15) is 0 Å². The van der Waals surface area contributed by atoms with Crippen LogP contribution < -0.4 is 5.32 Å². The number of benzene rings is 1. The van der Waals surface area contributed by atoms with Gasteiger partial charge in [0, 0.05) is 24.7 Å². The zero-order valence-corrected chi connectivity index (χ0v) is 27.3. The van der Waals surface area contributed by atoms with Crippen molar-refractivity contribution in [1.82, 2.24) is 15.1 Å². The van der Waals surface area contributed by atoms with E-state index in [4.69, 9.17) is 11.6 Å². The van der Waals surface area contributed by atoms with Crippen LogP contribution in [0.2, 0.25) is 5.02 Å². The predicted molar refractivity (Wildman–Crippen MR) is 179 cm³/mol. The number of halogens is 1. The van der Waals surface area contributed by atoms with E-state index in [1.54, 1.807) is 23.1 Å². The lowest BCUT2D eigenvalue weighted by Crippen LogP contribution is -2.69. The van der Waals surface area contributed by atoms with Crippen molar-refractivity contribution >= 4 is 36.0 Å². The van der Waals surface area contributed by atoms with Crippen molar-refractivity contribution in [2.45, 2.75) is 90.8 Å². The topological polar surface area (TPSA) is 52.7 Å². The maximum absolute atomic E-state index is 14.1. The quantitative estimate of drug-likeness (QED) is 0.0979. The molecular formula is C34H50ClN3O2S. The molecule has 0 bridgehead atoms. The number of amides is 2. The molecule has 41 heavy (non-hydrogen) atoms. The van der Waals surface area contributed by atoms with Crippen LogP contribution in [-0.4, -0.2) is 46.8 Å². The number of hydrogen-bond donors (Lipinski definition) is 2. The number of carbonyl (C=O) groups is 2. The second-order valence-corrected chi connectivity index (χ2v) is 11.3. The molecule has 1 aliphatic heterocycles. The maximum Gasteiger partial charge on any atom is 0.271 e. The van der Waals surface area contributed by atoms with E-state index in [9.17, 15) is 9.59 Å². The van der Waals surface area contributed by atoms with Crippen LogP contribution in [0.1, 0.15) is 78.2 Å². The molecule has 0 spiro atoms. The summed E-state index contributed by atoms with van der Waals surface area (Å²) in [5.74, 6) is -0.356. The lowest BCUT2D eigenvalue weighted by molar-refractivity contribution is -0.153. The fraction of sp³-hybridized carbons (Fsp3) is 0.471. The van der Waals surface area contributed by atoms with Crippen LogP contribution in [0.4, 0.5) is 0 Å². The molecule has 1 heterocycles. The summed E-state index contributed by atoms with van der Waals surface area (Å²) in [6, 6.07) is 7.53. The Morgan fingerprint density at radius 1 is 1.17 bits per heavy atom. The summed E-state index contributed by atoms with van der Waals surface area (Å²) in [5, 5.41) is 3.88. The van der Waals surface area contributed by atoms with E-state index >= 15 is 0 Å². The Kier molecular flexibility index (Phi) is 17.2. The Labute approximate surface area is 259 Å². The molecule has 0 aromatic heterocycles. The highest BCUT2D eigenvalue weighted by atomic mass is 35.5. The molecule has 1 aromatic carbocycles. The van der Waals surface area contributed by atoms with E-state index in [0.717, 1.165) is 49.0 Å². The molecule has 1 aliphatic rings. The van der Waals surface area contributed by atoms with Gasteiger partial charge in [-0.15, -0.1) is 25.8 Å². The number of carbonyl (C=O) groups excluding carboxylic acids is 2. The van der Waals surface area contributed by atoms with Gasteiger partial charge in [-0.05, 0) is 55.2 Å². The second-order valence-electron chi connectivity index (χ2n) is 10.3. The highest BCUT2D eigenvalue weighted by Gasteiger charge is 2.51. The minimum atomic E-state index is -1.12. The fourth-order valence-electron chi connectivity index (χ4n) is 4.82. The van der Waals surface area contributed by atoms with Gasteiger partial charge in [-0.1, -0.05) is 100 Å². The van der Waals surface area contributed by atoms with Crippen molar-refractivity contribution in [2.24, 2.45) is 0 Å². The molecule has 226 valence electrons. The minimum absolute atomic E-state index is 0.0670. The number of hydrogen-bond acceptors (Lipinski definition) is 4. The molecular weight excluding hydrogens is 550 g/mol. The summed E-state index contributed by atoms with van der Waals surface area (Å²) >= 11 is 10.9. The first-order valence-corrected chi connectivity index (χ1v) is 15.5. The summed E-state index contributed by atoms with van der Waals surface area (Å²) < 4.78 is 0. The van der Waals surface area contributed by atoms with Crippen molar-refractivity contribution in [2.75, 3.05) is 13.6 Å². The second kappa shape index (κ2) is 19.4. The monoisotopic (exact) mass is 599 g/mol. The van der Waals surface area contributed by atoms with E-state index in [1.165, 1.54) is 0 Å². The Hall–Kier alpha value is -2.70. The highest BCUT2D eigenvalue weighted by molar-refractivity contribution is 7.84. The van der Waals surface area contributed by atoms with Gasteiger partial charge in [0.15, 0.2) is 0 Å². The van der Waals surface area contributed by atoms with Gasteiger partial charge in [-0.3, -0.25) is 9.59 Å². The number of likely N-dealkylation sites (N-methyl/N-ethyl adjacent to an activating group) is 1. The average Bonchev–Trinajstić information content (AvgIpc) is 2.94. The molecule has 7 heteroatoms. The van der Waals surface area contributed by atoms with Crippen LogP contribution in [0, 0.1) is 0 Å². The van der Waals surface area contributed by atoms with Crippen LogP contribution in [0.3, 0.4) is 0 Å². The van der Waals surface area contributed by atoms with Gasteiger partial charge in [-0.25, -0.2) is 0 Å². The van der Waals surface area contributed by atoms with E-state index in [0.29, 0.717) is 23.7 Å². The molecule has 0 radical (unpaired) electrons. The summed E-state index contributed by atoms with van der Waals surface area (Å²) in [4.78, 5) is 32.8. The Morgan fingerprint density at radius 3 is 2.44 bits per heavy atom. The zero-order chi connectivity index (χ0) is 30.8. The Morgan fingerprint density at radius 2 is 1.85 bits per heavy atom. The highest BCUT2D eigenvalue weighted by Crippen LogP contribution is 2.34. The van der Waals surface area contributed by atoms with Crippen LogP contribution in [0.25, 0.3) is 0 Å². The first-order valence-electron chi connectivity index (χ1n) is 14.7. The molecule has 2 atom stereocenters. The Bertz CT molecular complexity index is 1100. The van der Waals surface area contributed by atoms with Gasteiger partial charge in [0.1, 0.15) is 11.2 Å². The molecule has 5 nitrogen and oxygen atoms in total. The van der Waals surface area contributed by atoms with E-state index in [1.807, 2.05) is 68.3 Å². The van der Waals surface area contributed by atoms with Crippen molar-refractivity contribution in [3.8, 4) is 0 Å². The van der Waals surface area contributed by atoms with Crippen molar-refractivity contribution in [3.63, 3.8) is 0 Å². The maximum atomic E-state index is 14.1. The predicted octanol–water partition coefficient (Wildman–Crippen LogP) is 8.26. The summed E-state index contributed by atoms with van der Waals surface area (Å²) in [5.41, 5.74) is 0.194. The molecule has 0 aliphatic carbocycles. The van der Waals surface area contributed by atoms with Crippen molar-refractivity contribution in [3.05, 3.63) is 95.1 Å². The van der Waals surface area contributed by atoms with Gasteiger partial charge in [0.05, 0.1) is 6.54 Å². The number of rotatable bonds is 14. The lowest BCUT2D eigenvalue weighted by Gasteiger charge is -2.50. The molecule has 2 amide bonds. The molecule has 2 unspecified atom stereocenters. The normalized spacial score (nSPS) is 19.1. The molecule has 0 saturated carbocycles. The SMILES string of the molecule is C=CC.C=CCC1(C(=O)NC(CCC)CCCC)CN(C)\C(=C/C=C/C=C(\S)CC)C(=O)N1Cc1ccccc1Cl. The number of nitrogens with one attached hydrogen (secondary N) is 1. The number of piperazine rings is 1. The smallest absolute Gasteiger partial charge is 0.271 e. The summed E-state index contributed by atoms with van der Waals surface area (Å²) in [6.45, 7) is 16.1. The third-order valence-corrected chi connectivity index (χ3v) is 7.81. The summed E-state index contributed by atoms with van der Waals surface area (Å²) in [6.07, 6.45) is 17.0. The number of thiol groups is 1. The third kappa shape index (κ3) is 10.9. The third-order valence-electron chi connectivity index (χ3n) is 6.98. The Balaban J connectivity index is 0.00000268. The zero-order valence-electron chi connectivity index (χ0n) is 25.7. The lowest BCUT2D eigenvalue weighted by atomic mass is 9.86. The van der Waals surface area contributed by atoms with Gasteiger partial charge in [0.25, 0.3) is 5.91 Å². The number of allylic oxidation sites excluding steroid dienone is 6. The van der Waals surface area contributed by atoms with Gasteiger partial charge in [0.2, 0.25) is 5.91 Å². The molecule has 1 N–H and O–H groups in total. The average molecular weight is 600 g/mol. The molecule has 1 saturated heterocycles. The van der Waals surface area contributed by atoms with Gasteiger partial charge >= 0.3 is 0 Å². The molecule has 2 rings (SSSR count). The first kappa shape index (κ1) is 36.3. The minimum Gasteiger partial charge on any atom is -0.367 e. The summed E-state index contributed by atoms with van der Waals surface area (Å²) in [7, 11) is 1.86. The molecule has 1 fully saturated rings. The first-order chi connectivity index (χ1) is 19.6. The van der Waals surface area contributed by atoms with Crippen molar-refractivity contribution < 1.29 is 9.59 Å². The van der Waals surface area contributed by atoms with E-state index in [-0.39, 0.29) is 24.4 Å². The van der Waals surface area contributed by atoms with E-state index < -0.39 is 5.54 Å². The van der Waals surface area contributed by atoms with Crippen molar-refractivity contribution in [1.29, 1.82) is 0 Å². The van der Waals surface area contributed by atoms with Gasteiger partial charge < -0.3 is 15.1 Å². The van der Waals surface area contributed by atoms with Crippen LogP contribution in [0.5, 0.6) is 0 Å². The van der Waals surface area contributed by atoms with Crippen LogP contribution in [0.15, 0.2) is 84.5 Å². The van der Waals surface area contributed by atoms with Crippen LogP contribution >= 0.6 is 24.2 Å². The standard InChI is InChI=1S/C31H44ClN3O2S.C3H6/c1-6-10-17-25(15-7-2)33-30(37)31(21-8-3)23-34(5)28(20-14-12-18-26(38)9-4)29(36)35(31)22-24-16-11-13-19-27(24)32;1-3-2/h8,11-14,16,18-20,25,38H,3,6-7,9-10,15,17,21-23H2,1-2,4-5H3,(H,33,37);3H,1H2,2H3/b14-12+,26-18-,28-20-;. The fourth-order valence-corrected chi connectivity index (χ4v) is 5.10. The van der Waals surface area contributed by atoms with E-state index in [2.05, 4.69) is 45.0 Å². The molecule has 1 aromatic rings. The number of nitrogens with zero attached hydrogens (tertiary/aromatic N) is 2. The number of unbranched alkanes of at least 4 members (excludes halogenated alkanes) is 1. The largest absolute Gasteiger partial charge is 0.367 e.